The lowest BCUT2D eigenvalue weighted by molar-refractivity contribution is -0.148. The highest BCUT2D eigenvalue weighted by molar-refractivity contribution is 5.02. The van der Waals surface area contributed by atoms with E-state index in [9.17, 15) is 13.2 Å². The molecular weight excluding hydrogens is 259 g/mol. The molecule has 0 spiro atoms. The Kier molecular flexibility index (Phi) is 4.41. The Hall–Kier alpha value is -1.15. The second kappa shape index (κ2) is 5.87. The van der Waals surface area contributed by atoms with E-state index >= 15 is 0 Å². The second-order valence-electron chi connectivity index (χ2n) is 4.62. The van der Waals surface area contributed by atoms with E-state index in [2.05, 4.69) is 27.3 Å². The van der Waals surface area contributed by atoms with Crippen LogP contribution >= 0.6 is 0 Å². The minimum Gasteiger partial charge on any atom is -0.315 e. The maximum absolute atomic E-state index is 12.6. The van der Waals surface area contributed by atoms with E-state index in [-0.39, 0.29) is 0 Å². The van der Waals surface area contributed by atoms with E-state index in [0.717, 1.165) is 26.1 Å². The van der Waals surface area contributed by atoms with Crippen LogP contribution in [-0.4, -0.2) is 45.8 Å². The molecule has 0 aromatic carbocycles. The van der Waals surface area contributed by atoms with Crippen LogP contribution in [0.25, 0.3) is 0 Å². The summed E-state index contributed by atoms with van der Waals surface area (Å²) in [5, 5.41) is 10.2. The van der Waals surface area contributed by atoms with Gasteiger partial charge in [-0.05, 0) is 13.0 Å². The Bertz CT molecular complexity index is 415. The lowest BCUT2D eigenvalue weighted by atomic mass is 10.3. The van der Waals surface area contributed by atoms with E-state index in [1.165, 1.54) is 4.57 Å². The van der Waals surface area contributed by atoms with Crippen LogP contribution in [0.3, 0.4) is 0 Å². The maximum atomic E-state index is 12.6. The van der Waals surface area contributed by atoms with Crippen LogP contribution in [0.1, 0.15) is 25.0 Å². The average molecular weight is 277 g/mol. The molecule has 1 aliphatic rings. The summed E-state index contributed by atoms with van der Waals surface area (Å²) in [5.41, 5.74) is 0. The molecule has 0 fully saturated rings. The zero-order valence-electron chi connectivity index (χ0n) is 10.9. The first kappa shape index (κ1) is 14.3. The normalized spacial score (nSPS) is 16.6. The van der Waals surface area contributed by atoms with Gasteiger partial charge in [0.1, 0.15) is 5.82 Å². The summed E-state index contributed by atoms with van der Waals surface area (Å²) in [7, 11) is 0. The van der Waals surface area contributed by atoms with Crippen molar-refractivity contribution in [2.75, 3.05) is 26.2 Å². The number of nitrogens with zero attached hydrogens (tertiary/aromatic N) is 4. The molecule has 1 aromatic heterocycles. The monoisotopic (exact) mass is 277 g/mol. The van der Waals surface area contributed by atoms with Crippen molar-refractivity contribution in [2.24, 2.45) is 0 Å². The third kappa shape index (κ3) is 3.44. The predicted octanol–water partition coefficient (Wildman–Crippen LogP) is 1.11. The van der Waals surface area contributed by atoms with Gasteiger partial charge in [-0.15, -0.1) is 10.2 Å². The third-order valence-corrected chi connectivity index (χ3v) is 3.12. The molecule has 2 rings (SSSR count). The van der Waals surface area contributed by atoms with E-state index in [0.29, 0.717) is 25.5 Å². The molecule has 108 valence electrons. The smallest absolute Gasteiger partial charge is 0.315 e. The van der Waals surface area contributed by atoms with Crippen molar-refractivity contribution in [2.45, 2.75) is 32.6 Å². The fourth-order valence-corrected chi connectivity index (χ4v) is 2.15. The topological polar surface area (TPSA) is 46.0 Å². The van der Waals surface area contributed by atoms with Crippen LogP contribution in [0.4, 0.5) is 13.2 Å². The Morgan fingerprint density at radius 2 is 2.00 bits per heavy atom. The van der Waals surface area contributed by atoms with Crippen molar-refractivity contribution < 1.29 is 13.2 Å². The van der Waals surface area contributed by atoms with E-state index in [1.54, 1.807) is 0 Å². The van der Waals surface area contributed by atoms with Gasteiger partial charge in [-0.2, -0.15) is 13.2 Å². The quantitative estimate of drug-likeness (QED) is 0.819. The van der Waals surface area contributed by atoms with Gasteiger partial charge in [0.25, 0.3) is 0 Å². The highest BCUT2D eigenvalue weighted by Gasteiger charge is 2.39. The van der Waals surface area contributed by atoms with Gasteiger partial charge in [-0.1, -0.05) is 6.92 Å². The summed E-state index contributed by atoms with van der Waals surface area (Å²) in [6, 6.07) is 0. The Labute approximate surface area is 109 Å². The number of aromatic nitrogens is 3. The van der Waals surface area contributed by atoms with Crippen LogP contribution in [0, 0.1) is 0 Å². The van der Waals surface area contributed by atoms with Crippen molar-refractivity contribution in [3.8, 4) is 0 Å². The summed E-state index contributed by atoms with van der Waals surface area (Å²) in [6.45, 7) is 6.03. The van der Waals surface area contributed by atoms with Gasteiger partial charge < -0.3 is 9.88 Å². The zero-order chi connectivity index (χ0) is 13.9. The lowest BCUT2D eigenvalue weighted by Crippen LogP contribution is -2.39. The van der Waals surface area contributed by atoms with Gasteiger partial charge in [0.2, 0.25) is 5.82 Å². The van der Waals surface area contributed by atoms with E-state index in [1.807, 2.05) is 0 Å². The first-order valence-corrected chi connectivity index (χ1v) is 6.44. The van der Waals surface area contributed by atoms with Crippen LogP contribution in [0.5, 0.6) is 0 Å². The van der Waals surface area contributed by atoms with Crippen molar-refractivity contribution in [1.29, 1.82) is 0 Å². The molecule has 0 bridgehead atoms. The van der Waals surface area contributed by atoms with Crippen LogP contribution in [-0.2, 0) is 19.3 Å². The van der Waals surface area contributed by atoms with Crippen LogP contribution in [0.2, 0.25) is 0 Å². The van der Waals surface area contributed by atoms with Gasteiger partial charge in [-0.3, -0.25) is 4.90 Å². The molecule has 1 aliphatic heterocycles. The zero-order valence-corrected chi connectivity index (χ0v) is 10.9. The van der Waals surface area contributed by atoms with Gasteiger partial charge in [-0.25, -0.2) is 0 Å². The number of halogens is 3. The molecule has 0 aliphatic carbocycles. The number of rotatable bonds is 5. The molecule has 1 aromatic rings. The average Bonchev–Trinajstić information content (AvgIpc) is 2.77. The summed E-state index contributed by atoms with van der Waals surface area (Å²) in [5.74, 6) is -0.486. The minimum atomic E-state index is -4.42. The molecule has 0 unspecified atom stereocenters. The molecule has 0 atom stereocenters. The predicted molar refractivity (Wildman–Crippen MR) is 63.5 cm³/mol. The van der Waals surface area contributed by atoms with E-state index in [4.69, 9.17) is 0 Å². The van der Waals surface area contributed by atoms with Gasteiger partial charge >= 0.3 is 6.18 Å². The highest BCUT2D eigenvalue weighted by atomic mass is 19.4. The number of alkyl halides is 3. The third-order valence-electron chi connectivity index (χ3n) is 3.12. The standard InChI is InChI=1S/C11H18F3N5/c1-2-3-15-4-5-18-6-7-19-9(8-18)16-17-10(19)11(12,13)14/h15H,2-8H2,1H3. The van der Waals surface area contributed by atoms with Crippen molar-refractivity contribution in [1.82, 2.24) is 25.0 Å². The fraction of sp³-hybridized carbons (Fsp3) is 0.818. The van der Waals surface area contributed by atoms with Crippen molar-refractivity contribution in [3.05, 3.63) is 11.6 Å². The summed E-state index contributed by atoms with van der Waals surface area (Å²) in [4.78, 5) is 2.09. The molecular formula is C11H18F3N5. The van der Waals surface area contributed by atoms with Gasteiger partial charge in [0.05, 0.1) is 6.54 Å². The summed E-state index contributed by atoms with van der Waals surface area (Å²) in [6.07, 6.45) is -3.35. The number of fused-ring (bicyclic) bond motifs is 1. The molecule has 8 heteroatoms. The number of hydrogen-bond acceptors (Lipinski definition) is 4. The molecule has 2 heterocycles. The molecule has 19 heavy (non-hydrogen) atoms. The van der Waals surface area contributed by atoms with Crippen molar-refractivity contribution >= 4 is 0 Å². The number of nitrogens with one attached hydrogen (secondary N) is 1. The molecule has 1 N–H and O–H groups in total. The number of hydrogen-bond donors (Lipinski definition) is 1. The largest absolute Gasteiger partial charge is 0.451 e. The molecule has 0 saturated heterocycles. The maximum Gasteiger partial charge on any atom is 0.451 e. The minimum absolute atomic E-state index is 0.297. The van der Waals surface area contributed by atoms with Crippen molar-refractivity contribution in [3.63, 3.8) is 0 Å². The summed E-state index contributed by atoms with van der Waals surface area (Å²) < 4.78 is 39.1. The lowest BCUT2D eigenvalue weighted by Gasteiger charge is -2.27. The Morgan fingerprint density at radius 1 is 1.21 bits per heavy atom. The fourth-order valence-electron chi connectivity index (χ4n) is 2.15. The van der Waals surface area contributed by atoms with Crippen LogP contribution in [0.15, 0.2) is 0 Å². The molecule has 0 saturated carbocycles. The molecule has 0 amide bonds. The van der Waals surface area contributed by atoms with Gasteiger partial charge in [0.15, 0.2) is 0 Å². The Balaban J connectivity index is 1.92. The first-order valence-electron chi connectivity index (χ1n) is 6.44. The van der Waals surface area contributed by atoms with Gasteiger partial charge in [0, 0.05) is 26.2 Å². The molecule has 5 nitrogen and oxygen atoms in total. The van der Waals surface area contributed by atoms with E-state index < -0.39 is 12.0 Å². The first-order chi connectivity index (χ1) is 9.02. The second-order valence-corrected chi connectivity index (χ2v) is 4.62. The SMILES string of the molecule is CCCNCCN1CCn2c(nnc2C(F)(F)F)C1. The molecule has 0 radical (unpaired) electrons. The summed E-state index contributed by atoms with van der Waals surface area (Å²) >= 11 is 0. The van der Waals surface area contributed by atoms with Crippen LogP contribution < -0.4 is 5.32 Å². The Morgan fingerprint density at radius 3 is 2.68 bits per heavy atom. The highest BCUT2D eigenvalue weighted by Crippen LogP contribution is 2.29.